The predicted molar refractivity (Wildman–Crippen MR) is 68.8 cm³/mol. The van der Waals surface area contributed by atoms with Gasteiger partial charge in [0.15, 0.2) is 0 Å². The molecule has 0 amide bonds. The van der Waals surface area contributed by atoms with Gasteiger partial charge in [0.2, 0.25) is 5.89 Å². The van der Waals surface area contributed by atoms with E-state index >= 15 is 0 Å². The van der Waals surface area contributed by atoms with Crippen molar-refractivity contribution in [2.45, 2.75) is 53.1 Å². The molecular formula is C12H24N4O. The Hall–Kier alpha value is -1.10. The van der Waals surface area contributed by atoms with Gasteiger partial charge >= 0.3 is 6.01 Å². The Morgan fingerprint density at radius 1 is 1.24 bits per heavy atom. The summed E-state index contributed by atoms with van der Waals surface area (Å²) in [7, 11) is 0. The van der Waals surface area contributed by atoms with Gasteiger partial charge in [-0.25, -0.2) is 0 Å². The lowest BCUT2D eigenvalue weighted by atomic mass is 10.1. The average molecular weight is 240 g/mol. The second-order valence-electron chi connectivity index (χ2n) is 5.71. The molecule has 5 nitrogen and oxygen atoms in total. The van der Waals surface area contributed by atoms with Crippen molar-refractivity contribution in [3.8, 4) is 0 Å². The smallest absolute Gasteiger partial charge is 0.315 e. The summed E-state index contributed by atoms with van der Waals surface area (Å²) in [4.78, 5) is 0. The van der Waals surface area contributed by atoms with E-state index < -0.39 is 0 Å². The molecule has 1 aromatic heterocycles. The van der Waals surface area contributed by atoms with Crippen molar-refractivity contribution in [2.75, 3.05) is 11.9 Å². The quantitative estimate of drug-likeness (QED) is 0.799. The molecule has 0 bridgehead atoms. The predicted octanol–water partition coefficient (Wildman–Crippen LogP) is 2.42. The summed E-state index contributed by atoms with van der Waals surface area (Å²) in [5, 5.41) is 14.3. The van der Waals surface area contributed by atoms with Crippen LogP contribution in [0.1, 0.15) is 46.9 Å². The Bertz CT molecular complexity index is 327. The molecule has 0 saturated carbocycles. The zero-order chi connectivity index (χ0) is 12.9. The van der Waals surface area contributed by atoms with Crippen molar-refractivity contribution in [1.82, 2.24) is 15.5 Å². The maximum atomic E-state index is 5.47. The minimum atomic E-state index is 0.0553. The van der Waals surface area contributed by atoms with Crippen LogP contribution in [0.3, 0.4) is 0 Å². The van der Waals surface area contributed by atoms with Gasteiger partial charge in [-0.05, 0) is 33.1 Å². The van der Waals surface area contributed by atoms with Crippen LogP contribution < -0.4 is 10.6 Å². The highest BCUT2D eigenvalue weighted by atomic mass is 16.4. The third-order valence-corrected chi connectivity index (χ3v) is 2.23. The fourth-order valence-corrected chi connectivity index (χ4v) is 1.21. The van der Waals surface area contributed by atoms with Gasteiger partial charge in [-0.3, -0.25) is 0 Å². The highest BCUT2D eigenvalue weighted by Crippen LogP contribution is 2.08. The van der Waals surface area contributed by atoms with Gasteiger partial charge in [0.05, 0.1) is 6.54 Å². The van der Waals surface area contributed by atoms with Crippen LogP contribution in [0, 0.1) is 5.92 Å². The molecule has 2 N–H and O–H groups in total. The van der Waals surface area contributed by atoms with Crippen LogP contribution in [0.25, 0.3) is 0 Å². The van der Waals surface area contributed by atoms with Gasteiger partial charge in [0, 0.05) is 12.1 Å². The van der Waals surface area contributed by atoms with Crippen LogP contribution in [-0.2, 0) is 6.54 Å². The summed E-state index contributed by atoms with van der Waals surface area (Å²) in [6, 6.07) is 0.511. The number of nitrogens with zero attached hydrogens (tertiary/aromatic N) is 2. The van der Waals surface area contributed by atoms with Gasteiger partial charge in [-0.1, -0.05) is 18.9 Å². The van der Waals surface area contributed by atoms with E-state index in [4.69, 9.17) is 4.42 Å². The lowest BCUT2D eigenvalue weighted by Gasteiger charge is -2.18. The molecule has 0 aliphatic carbocycles. The minimum absolute atomic E-state index is 0.0553. The first-order valence-electron chi connectivity index (χ1n) is 6.18. The molecule has 0 atom stereocenters. The first-order valence-corrected chi connectivity index (χ1v) is 6.18. The lowest BCUT2D eigenvalue weighted by molar-refractivity contribution is 0.383. The van der Waals surface area contributed by atoms with E-state index in [2.05, 4.69) is 55.4 Å². The highest BCUT2D eigenvalue weighted by Gasteiger charge is 2.11. The van der Waals surface area contributed by atoms with E-state index in [0.717, 1.165) is 13.0 Å². The van der Waals surface area contributed by atoms with E-state index in [0.29, 0.717) is 24.4 Å². The Kier molecular flexibility index (Phi) is 4.93. The summed E-state index contributed by atoms with van der Waals surface area (Å²) < 4.78 is 5.47. The van der Waals surface area contributed by atoms with Crippen LogP contribution in [0.2, 0.25) is 0 Å². The summed E-state index contributed by atoms with van der Waals surface area (Å²) in [6.45, 7) is 12.2. The Labute approximate surface area is 103 Å². The maximum Gasteiger partial charge on any atom is 0.315 e. The molecule has 1 rings (SSSR count). The SMILES string of the molecule is CC(C)CCNc1nnc(CNC(C)(C)C)o1. The summed E-state index contributed by atoms with van der Waals surface area (Å²) >= 11 is 0. The van der Waals surface area contributed by atoms with Crippen molar-refractivity contribution in [1.29, 1.82) is 0 Å². The summed E-state index contributed by atoms with van der Waals surface area (Å²) in [5.41, 5.74) is 0.0553. The average Bonchev–Trinajstić information content (AvgIpc) is 2.61. The van der Waals surface area contributed by atoms with E-state index in [9.17, 15) is 0 Å². The van der Waals surface area contributed by atoms with Crippen molar-refractivity contribution in [2.24, 2.45) is 5.92 Å². The molecule has 98 valence electrons. The molecule has 0 aliphatic heterocycles. The van der Waals surface area contributed by atoms with E-state index in [-0.39, 0.29) is 5.54 Å². The topological polar surface area (TPSA) is 63.0 Å². The third-order valence-electron chi connectivity index (χ3n) is 2.23. The number of anilines is 1. The van der Waals surface area contributed by atoms with Crippen LogP contribution >= 0.6 is 0 Å². The van der Waals surface area contributed by atoms with E-state index in [1.165, 1.54) is 0 Å². The zero-order valence-electron chi connectivity index (χ0n) is 11.5. The molecule has 5 heteroatoms. The third kappa shape index (κ3) is 6.26. The fourth-order valence-electron chi connectivity index (χ4n) is 1.21. The molecule has 1 heterocycles. The fraction of sp³-hybridized carbons (Fsp3) is 0.833. The van der Waals surface area contributed by atoms with Crippen molar-refractivity contribution < 1.29 is 4.42 Å². The molecule has 0 saturated heterocycles. The summed E-state index contributed by atoms with van der Waals surface area (Å²) in [5.74, 6) is 1.29. The highest BCUT2D eigenvalue weighted by molar-refractivity contribution is 5.16. The second kappa shape index (κ2) is 6.00. The molecule has 0 aromatic carbocycles. The maximum absolute atomic E-state index is 5.47. The van der Waals surface area contributed by atoms with Gasteiger partial charge in [0.1, 0.15) is 0 Å². The van der Waals surface area contributed by atoms with Crippen molar-refractivity contribution in [3.63, 3.8) is 0 Å². The lowest BCUT2D eigenvalue weighted by Crippen LogP contribution is -2.35. The zero-order valence-corrected chi connectivity index (χ0v) is 11.5. The molecule has 0 radical (unpaired) electrons. The molecule has 0 fully saturated rings. The molecule has 17 heavy (non-hydrogen) atoms. The van der Waals surface area contributed by atoms with Gasteiger partial charge in [-0.2, -0.15) is 0 Å². The van der Waals surface area contributed by atoms with Crippen LogP contribution in [0.4, 0.5) is 6.01 Å². The Balaban J connectivity index is 2.32. The molecule has 0 unspecified atom stereocenters. The van der Waals surface area contributed by atoms with Gasteiger partial charge < -0.3 is 15.1 Å². The standard InChI is InChI=1S/C12H24N4O/c1-9(2)6-7-13-11-16-15-10(17-11)8-14-12(3,4)5/h9,14H,6-8H2,1-5H3,(H,13,16). The minimum Gasteiger partial charge on any atom is -0.407 e. The van der Waals surface area contributed by atoms with Crippen molar-refractivity contribution in [3.05, 3.63) is 5.89 Å². The number of hydrogen-bond acceptors (Lipinski definition) is 5. The van der Waals surface area contributed by atoms with Gasteiger partial charge in [-0.15, -0.1) is 5.10 Å². The molecule has 0 spiro atoms. The number of hydrogen-bond donors (Lipinski definition) is 2. The molecule has 0 aliphatic rings. The number of aromatic nitrogens is 2. The Morgan fingerprint density at radius 2 is 1.94 bits per heavy atom. The van der Waals surface area contributed by atoms with Crippen LogP contribution in [0.15, 0.2) is 4.42 Å². The van der Waals surface area contributed by atoms with Crippen LogP contribution in [0.5, 0.6) is 0 Å². The first kappa shape index (κ1) is 14.0. The number of rotatable bonds is 6. The van der Waals surface area contributed by atoms with Crippen molar-refractivity contribution >= 4 is 6.01 Å². The largest absolute Gasteiger partial charge is 0.407 e. The molecule has 1 aromatic rings. The monoisotopic (exact) mass is 240 g/mol. The number of nitrogens with one attached hydrogen (secondary N) is 2. The Morgan fingerprint density at radius 3 is 2.53 bits per heavy atom. The summed E-state index contributed by atoms with van der Waals surface area (Å²) in [6.07, 6.45) is 1.10. The first-order chi connectivity index (χ1) is 7.87. The second-order valence-corrected chi connectivity index (χ2v) is 5.71. The van der Waals surface area contributed by atoms with E-state index in [1.807, 2.05) is 0 Å². The van der Waals surface area contributed by atoms with Gasteiger partial charge in [0.25, 0.3) is 0 Å². The van der Waals surface area contributed by atoms with E-state index in [1.54, 1.807) is 0 Å². The van der Waals surface area contributed by atoms with Crippen LogP contribution in [-0.4, -0.2) is 22.3 Å². The molecular weight excluding hydrogens is 216 g/mol. The normalized spacial score (nSPS) is 12.1.